The van der Waals surface area contributed by atoms with Crippen molar-refractivity contribution >= 4 is 16.8 Å². The molecule has 2 bridgehead atoms. The molecule has 166 valence electrons. The molecule has 0 radical (unpaired) electrons. The fourth-order valence-electron chi connectivity index (χ4n) is 5.80. The van der Waals surface area contributed by atoms with Crippen LogP contribution in [0.3, 0.4) is 0 Å². The zero-order valence-electron chi connectivity index (χ0n) is 18.7. The molecular formula is C29H29N3O. The van der Waals surface area contributed by atoms with Crippen molar-refractivity contribution in [1.29, 1.82) is 0 Å². The first-order valence-corrected chi connectivity index (χ1v) is 12.0. The summed E-state index contributed by atoms with van der Waals surface area (Å²) in [4.78, 5) is 15.9. The lowest BCUT2D eigenvalue weighted by Crippen LogP contribution is -2.49. The van der Waals surface area contributed by atoms with Gasteiger partial charge in [0.25, 0.3) is 5.91 Å². The molecule has 4 aromatic rings. The second-order valence-electron chi connectivity index (χ2n) is 9.48. The van der Waals surface area contributed by atoms with Gasteiger partial charge >= 0.3 is 0 Å². The Labute approximate surface area is 194 Å². The van der Waals surface area contributed by atoms with Crippen LogP contribution in [0.25, 0.3) is 16.6 Å². The Morgan fingerprint density at radius 1 is 0.848 bits per heavy atom. The summed E-state index contributed by atoms with van der Waals surface area (Å²) in [5.74, 6) is 0.0404. The molecule has 2 fully saturated rings. The van der Waals surface area contributed by atoms with E-state index >= 15 is 0 Å². The molecule has 33 heavy (non-hydrogen) atoms. The second-order valence-corrected chi connectivity index (χ2v) is 9.48. The van der Waals surface area contributed by atoms with Crippen LogP contribution in [-0.2, 0) is 6.54 Å². The molecule has 2 unspecified atom stereocenters. The van der Waals surface area contributed by atoms with Crippen LogP contribution in [0.4, 0.5) is 0 Å². The quantitative estimate of drug-likeness (QED) is 0.446. The number of nitrogens with zero attached hydrogens (tertiary/aromatic N) is 2. The van der Waals surface area contributed by atoms with E-state index in [4.69, 9.17) is 0 Å². The molecule has 4 heteroatoms. The number of nitrogens with one attached hydrogen (secondary N) is 1. The number of benzene rings is 3. The summed E-state index contributed by atoms with van der Waals surface area (Å²) >= 11 is 0. The van der Waals surface area contributed by atoms with Gasteiger partial charge in [0.1, 0.15) is 0 Å². The van der Waals surface area contributed by atoms with Gasteiger partial charge in [-0.2, -0.15) is 0 Å². The summed E-state index contributed by atoms with van der Waals surface area (Å²) in [6.07, 6.45) is 6.62. The van der Waals surface area contributed by atoms with Crippen molar-refractivity contribution in [1.82, 2.24) is 14.8 Å². The summed E-state index contributed by atoms with van der Waals surface area (Å²) in [6, 6.07) is 30.5. The lowest BCUT2D eigenvalue weighted by molar-refractivity contribution is 0.0828. The van der Waals surface area contributed by atoms with Crippen molar-refractivity contribution in [2.75, 3.05) is 0 Å². The molecule has 2 aliphatic heterocycles. The Morgan fingerprint density at radius 2 is 1.55 bits per heavy atom. The van der Waals surface area contributed by atoms with Crippen molar-refractivity contribution in [2.24, 2.45) is 0 Å². The highest BCUT2D eigenvalue weighted by atomic mass is 16.1. The van der Waals surface area contributed by atoms with Gasteiger partial charge in [-0.3, -0.25) is 9.69 Å². The van der Waals surface area contributed by atoms with Crippen LogP contribution in [0.5, 0.6) is 0 Å². The molecule has 0 spiro atoms. The number of carbonyl (C=O) groups is 1. The van der Waals surface area contributed by atoms with Gasteiger partial charge in [-0.15, -0.1) is 0 Å². The van der Waals surface area contributed by atoms with Crippen LogP contribution in [-0.4, -0.2) is 33.5 Å². The summed E-state index contributed by atoms with van der Waals surface area (Å²) < 4.78 is 2.15. The van der Waals surface area contributed by atoms with Crippen molar-refractivity contribution in [3.8, 4) is 5.69 Å². The van der Waals surface area contributed by atoms with E-state index in [0.29, 0.717) is 12.1 Å². The molecule has 0 saturated carbocycles. The van der Waals surface area contributed by atoms with E-state index in [1.54, 1.807) is 0 Å². The third-order valence-corrected chi connectivity index (χ3v) is 7.42. The van der Waals surface area contributed by atoms with E-state index in [0.717, 1.165) is 41.5 Å². The number of para-hydroxylation sites is 1. The fourth-order valence-corrected chi connectivity index (χ4v) is 5.80. The zero-order valence-corrected chi connectivity index (χ0v) is 18.7. The maximum Gasteiger partial charge on any atom is 0.251 e. The van der Waals surface area contributed by atoms with Gasteiger partial charge in [-0.1, -0.05) is 54.6 Å². The summed E-state index contributed by atoms with van der Waals surface area (Å²) in [6.45, 7) is 1.02. The number of hydrogen-bond donors (Lipinski definition) is 1. The third-order valence-electron chi connectivity index (χ3n) is 7.42. The lowest BCUT2D eigenvalue weighted by Gasteiger charge is -2.39. The molecule has 1 amide bonds. The normalized spacial score (nSPS) is 22.5. The predicted octanol–water partition coefficient (Wildman–Crippen LogP) is 5.56. The molecule has 3 heterocycles. The van der Waals surface area contributed by atoms with Crippen LogP contribution >= 0.6 is 0 Å². The van der Waals surface area contributed by atoms with Gasteiger partial charge in [0.15, 0.2) is 0 Å². The highest BCUT2D eigenvalue weighted by Crippen LogP contribution is 2.37. The smallest absolute Gasteiger partial charge is 0.251 e. The molecule has 3 aromatic carbocycles. The standard InChI is InChI=1S/C29H29N3O/c33-29(23-12-11-22-15-16-31(28(22)17-23)25-9-5-2-6-10-25)30-24-18-26-13-14-27(19-24)32(26)20-21-7-3-1-4-8-21/h1-12,15-17,24,26-27H,13-14,18-20H2,(H,30,33). The number of piperidine rings is 1. The van der Waals surface area contributed by atoms with Crippen LogP contribution in [0, 0.1) is 0 Å². The topological polar surface area (TPSA) is 37.3 Å². The van der Waals surface area contributed by atoms with Gasteiger partial charge in [0.05, 0.1) is 5.52 Å². The maximum atomic E-state index is 13.2. The number of hydrogen-bond acceptors (Lipinski definition) is 2. The predicted molar refractivity (Wildman–Crippen MR) is 133 cm³/mol. The van der Waals surface area contributed by atoms with Crippen molar-refractivity contribution in [2.45, 2.75) is 50.4 Å². The third kappa shape index (κ3) is 3.96. The van der Waals surface area contributed by atoms with E-state index in [2.05, 4.69) is 75.6 Å². The first-order valence-electron chi connectivity index (χ1n) is 12.0. The minimum absolute atomic E-state index is 0.0404. The van der Waals surface area contributed by atoms with Crippen molar-refractivity contribution in [3.05, 3.63) is 102 Å². The Hall–Kier alpha value is -3.37. The highest BCUT2D eigenvalue weighted by Gasteiger charge is 2.40. The summed E-state index contributed by atoms with van der Waals surface area (Å²) in [5.41, 5.74) is 4.28. The Kier molecular flexibility index (Phi) is 5.23. The van der Waals surface area contributed by atoms with E-state index in [1.165, 1.54) is 18.4 Å². The molecule has 1 N–H and O–H groups in total. The SMILES string of the molecule is O=C(NC1CC2CCC(C1)N2Cc1ccccc1)c1ccc2ccn(-c3ccccc3)c2c1. The van der Waals surface area contributed by atoms with Gasteiger partial charge < -0.3 is 9.88 Å². The molecule has 2 saturated heterocycles. The molecular weight excluding hydrogens is 406 g/mol. The molecule has 1 aromatic heterocycles. The van der Waals surface area contributed by atoms with E-state index in [-0.39, 0.29) is 11.9 Å². The number of rotatable bonds is 5. The minimum atomic E-state index is 0.0404. The van der Waals surface area contributed by atoms with Crippen LogP contribution in [0.1, 0.15) is 41.6 Å². The Balaban J connectivity index is 1.16. The number of carbonyl (C=O) groups excluding carboxylic acids is 1. The number of aromatic nitrogens is 1. The average Bonchev–Trinajstić information content (AvgIpc) is 3.37. The van der Waals surface area contributed by atoms with E-state index in [9.17, 15) is 4.79 Å². The van der Waals surface area contributed by atoms with Gasteiger partial charge in [-0.05, 0) is 67.0 Å². The van der Waals surface area contributed by atoms with Crippen LogP contribution < -0.4 is 5.32 Å². The zero-order chi connectivity index (χ0) is 22.2. The number of amides is 1. The first-order chi connectivity index (χ1) is 16.2. The van der Waals surface area contributed by atoms with E-state index < -0.39 is 0 Å². The van der Waals surface area contributed by atoms with Crippen LogP contribution in [0.15, 0.2) is 91.1 Å². The van der Waals surface area contributed by atoms with Crippen molar-refractivity contribution < 1.29 is 4.79 Å². The van der Waals surface area contributed by atoms with Crippen molar-refractivity contribution in [3.63, 3.8) is 0 Å². The first kappa shape index (κ1) is 20.3. The molecule has 2 aliphatic rings. The molecule has 4 nitrogen and oxygen atoms in total. The van der Waals surface area contributed by atoms with Gasteiger partial charge in [0, 0.05) is 42.1 Å². The average molecular weight is 436 g/mol. The maximum absolute atomic E-state index is 13.2. The molecule has 0 aliphatic carbocycles. The highest BCUT2D eigenvalue weighted by molar-refractivity contribution is 5.98. The lowest BCUT2D eigenvalue weighted by atomic mass is 9.96. The molecule has 6 rings (SSSR count). The Morgan fingerprint density at radius 3 is 2.27 bits per heavy atom. The monoisotopic (exact) mass is 435 g/mol. The largest absolute Gasteiger partial charge is 0.349 e. The Bertz CT molecular complexity index is 1250. The second kappa shape index (κ2) is 8.53. The fraction of sp³-hybridized carbons (Fsp3) is 0.276. The molecule has 2 atom stereocenters. The van der Waals surface area contributed by atoms with Crippen LogP contribution in [0.2, 0.25) is 0 Å². The summed E-state index contributed by atoms with van der Waals surface area (Å²) in [7, 11) is 0. The van der Waals surface area contributed by atoms with E-state index in [1.807, 2.05) is 30.3 Å². The minimum Gasteiger partial charge on any atom is -0.349 e. The summed E-state index contributed by atoms with van der Waals surface area (Å²) in [5, 5.41) is 4.50. The van der Waals surface area contributed by atoms with Gasteiger partial charge in [-0.25, -0.2) is 0 Å². The van der Waals surface area contributed by atoms with Gasteiger partial charge in [0.2, 0.25) is 0 Å². The number of fused-ring (bicyclic) bond motifs is 3.